The average Bonchev–Trinajstić information content (AvgIpc) is 3.45. The molecule has 0 radical (unpaired) electrons. The van der Waals surface area contributed by atoms with Gasteiger partial charge in [-0.1, -0.05) is 0 Å². The molecule has 2 aliphatic rings. The van der Waals surface area contributed by atoms with Crippen LogP contribution >= 0.6 is 0 Å². The number of pyridine rings is 2. The summed E-state index contributed by atoms with van der Waals surface area (Å²) < 4.78 is 2.10. The first-order valence-corrected chi connectivity index (χ1v) is 8.77. The molecule has 1 amide bonds. The van der Waals surface area contributed by atoms with Crippen LogP contribution in [0.15, 0.2) is 41.7 Å². The maximum atomic E-state index is 13.2. The van der Waals surface area contributed by atoms with Crippen LogP contribution < -0.4 is 5.73 Å². The lowest BCUT2D eigenvalue weighted by molar-refractivity contribution is 0.0694. The number of nitrogens with zero attached hydrogens (tertiary/aromatic N) is 5. The van der Waals surface area contributed by atoms with Crippen molar-refractivity contribution in [3.05, 3.63) is 42.4 Å². The van der Waals surface area contributed by atoms with Crippen molar-refractivity contribution in [3.63, 3.8) is 0 Å². The first kappa shape index (κ1) is 15.1. The molecule has 1 aliphatic heterocycles. The Morgan fingerprint density at radius 3 is 2.81 bits per heavy atom. The highest BCUT2D eigenvalue weighted by Crippen LogP contribution is 2.38. The van der Waals surface area contributed by atoms with E-state index in [1.165, 1.54) is 6.34 Å². The zero-order chi connectivity index (χ0) is 17.7. The summed E-state index contributed by atoms with van der Waals surface area (Å²) in [5.74, 6) is 0.628. The quantitative estimate of drug-likeness (QED) is 0.582. The Labute approximate surface area is 150 Å². The van der Waals surface area contributed by atoms with E-state index in [9.17, 15) is 4.79 Å². The van der Waals surface area contributed by atoms with Gasteiger partial charge in [-0.25, -0.2) is 9.98 Å². The van der Waals surface area contributed by atoms with Crippen LogP contribution in [-0.4, -0.2) is 44.3 Å². The van der Waals surface area contributed by atoms with Crippen molar-refractivity contribution in [2.75, 3.05) is 6.54 Å². The summed E-state index contributed by atoms with van der Waals surface area (Å²) in [6.07, 6.45) is 6.92. The van der Waals surface area contributed by atoms with Gasteiger partial charge in [-0.3, -0.25) is 9.78 Å². The van der Waals surface area contributed by atoms with E-state index in [0.29, 0.717) is 17.6 Å². The Morgan fingerprint density at radius 2 is 2.08 bits per heavy atom. The molecule has 7 nitrogen and oxygen atoms in total. The first-order chi connectivity index (χ1) is 12.8. The molecule has 5 rings (SSSR count). The molecular formula is C19H18N6O. The summed E-state index contributed by atoms with van der Waals surface area (Å²) in [5, 5.41) is 0. The van der Waals surface area contributed by atoms with Gasteiger partial charge in [0.1, 0.15) is 5.69 Å². The highest BCUT2D eigenvalue weighted by Gasteiger charge is 2.39. The van der Waals surface area contributed by atoms with Gasteiger partial charge < -0.3 is 15.2 Å². The second kappa shape index (κ2) is 5.66. The fourth-order valence-corrected chi connectivity index (χ4v) is 3.77. The van der Waals surface area contributed by atoms with Crippen LogP contribution in [-0.2, 0) is 6.54 Å². The summed E-state index contributed by atoms with van der Waals surface area (Å²) in [4.78, 5) is 28.1. The predicted octanol–water partition coefficient (Wildman–Crippen LogP) is 2.33. The summed E-state index contributed by atoms with van der Waals surface area (Å²) >= 11 is 0. The molecule has 1 saturated carbocycles. The van der Waals surface area contributed by atoms with Crippen molar-refractivity contribution in [1.29, 1.82) is 0 Å². The molecule has 0 saturated heterocycles. The smallest absolute Gasteiger partial charge is 0.271 e. The van der Waals surface area contributed by atoms with E-state index >= 15 is 0 Å². The minimum atomic E-state index is 0.0933. The summed E-state index contributed by atoms with van der Waals surface area (Å²) in [6.45, 7) is 1.56. The maximum absolute atomic E-state index is 13.2. The van der Waals surface area contributed by atoms with Crippen molar-refractivity contribution in [3.8, 4) is 11.1 Å². The van der Waals surface area contributed by atoms with Crippen LogP contribution in [0, 0.1) is 0 Å². The molecule has 0 unspecified atom stereocenters. The molecule has 2 N–H and O–H groups in total. The zero-order valence-electron chi connectivity index (χ0n) is 14.2. The molecule has 0 bridgehead atoms. The number of nitrogens with two attached hydrogens (primary N) is 1. The topological polar surface area (TPSA) is 89.4 Å². The maximum Gasteiger partial charge on any atom is 0.271 e. The molecule has 1 aliphatic carbocycles. The van der Waals surface area contributed by atoms with Gasteiger partial charge in [0.05, 0.1) is 17.4 Å². The number of carbonyl (C=O) groups is 1. The zero-order valence-corrected chi connectivity index (χ0v) is 14.2. The standard InChI is InChI=1S/C19H18N6O/c20-11-23-15-6-3-12(10-22-15)16-17-14(2-1-7-21-17)25-9-8-24(13-4-5-13)19(26)18(16)25/h1-3,6-7,10-11,13H,4-5,8-9H2,(H2,20,22,23). The van der Waals surface area contributed by atoms with E-state index in [4.69, 9.17) is 5.73 Å². The minimum Gasteiger partial charge on any atom is -0.390 e. The van der Waals surface area contributed by atoms with Gasteiger partial charge in [-0.2, -0.15) is 0 Å². The van der Waals surface area contributed by atoms with Crippen molar-refractivity contribution in [2.24, 2.45) is 10.7 Å². The van der Waals surface area contributed by atoms with Crippen LogP contribution in [0.2, 0.25) is 0 Å². The van der Waals surface area contributed by atoms with Crippen molar-refractivity contribution in [1.82, 2.24) is 19.4 Å². The summed E-state index contributed by atoms with van der Waals surface area (Å²) in [5.41, 5.74) is 9.60. The van der Waals surface area contributed by atoms with E-state index < -0.39 is 0 Å². The Bertz CT molecular complexity index is 1030. The number of amides is 1. The van der Waals surface area contributed by atoms with E-state index in [-0.39, 0.29) is 5.91 Å². The predicted molar refractivity (Wildman–Crippen MR) is 99.4 cm³/mol. The molecule has 7 heteroatoms. The number of rotatable bonds is 3. The van der Waals surface area contributed by atoms with E-state index in [2.05, 4.69) is 19.5 Å². The SMILES string of the molecule is NC=Nc1ccc(-c2c3n(c4cccnc24)CCN(C2CC2)C3=O)cn1. The second-order valence-electron chi connectivity index (χ2n) is 6.66. The van der Waals surface area contributed by atoms with Gasteiger partial charge >= 0.3 is 0 Å². The Morgan fingerprint density at radius 1 is 1.19 bits per heavy atom. The van der Waals surface area contributed by atoms with E-state index in [0.717, 1.165) is 48.1 Å². The number of aliphatic imine (C=N–C) groups is 1. The molecule has 1 fully saturated rings. The third kappa shape index (κ3) is 2.20. The lowest BCUT2D eigenvalue weighted by atomic mass is 10.1. The van der Waals surface area contributed by atoms with E-state index in [1.807, 2.05) is 23.1 Å². The van der Waals surface area contributed by atoms with Gasteiger partial charge in [0.2, 0.25) is 0 Å². The first-order valence-electron chi connectivity index (χ1n) is 8.77. The lowest BCUT2D eigenvalue weighted by Crippen LogP contribution is -2.41. The minimum absolute atomic E-state index is 0.0933. The third-order valence-electron chi connectivity index (χ3n) is 5.08. The molecule has 4 heterocycles. The molecule has 0 aromatic carbocycles. The summed E-state index contributed by atoms with van der Waals surface area (Å²) in [6, 6.07) is 8.05. The number of hydrogen-bond donors (Lipinski definition) is 1. The molecule has 3 aromatic heterocycles. The van der Waals surface area contributed by atoms with Gasteiger partial charge in [0.25, 0.3) is 5.91 Å². The van der Waals surface area contributed by atoms with Crippen LogP contribution in [0.25, 0.3) is 22.2 Å². The van der Waals surface area contributed by atoms with Gasteiger partial charge in [-0.15, -0.1) is 0 Å². The van der Waals surface area contributed by atoms with Gasteiger partial charge in [0.15, 0.2) is 5.82 Å². The number of hydrogen-bond acceptors (Lipinski definition) is 4. The second-order valence-corrected chi connectivity index (χ2v) is 6.66. The lowest BCUT2D eigenvalue weighted by Gasteiger charge is -2.29. The molecule has 3 aromatic rings. The number of fused-ring (bicyclic) bond motifs is 3. The Balaban J connectivity index is 1.72. The number of carbonyl (C=O) groups excluding carboxylic acids is 1. The van der Waals surface area contributed by atoms with Gasteiger partial charge in [-0.05, 0) is 37.1 Å². The third-order valence-corrected chi connectivity index (χ3v) is 5.08. The average molecular weight is 346 g/mol. The Hall–Kier alpha value is -3.22. The normalized spacial score (nSPS) is 17.2. The fraction of sp³-hybridized carbons (Fsp3) is 0.263. The van der Waals surface area contributed by atoms with Crippen molar-refractivity contribution >= 4 is 29.1 Å². The van der Waals surface area contributed by atoms with Crippen molar-refractivity contribution in [2.45, 2.75) is 25.4 Å². The van der Waals surface area contributed by atoms with Crippen LogP contribution in [0.5, 0.6) is 0 Å². The number of aromatic nitrogens is 3. The van der Waals surface area contributed by atoms with Gasteiger partial charge in [0, 0.05) is 42.7 Å². The monoisotopic (exact) mass is 346 g/mol. The molecule has 0 spiro atoms. The molecular weight excluding hydrogens is 328 g/mol. The molecule has 26 heavy (non-hydrogen) atoms. The van der Waals surface area contributed by atoms with E-state index in [1.54, 1.807) is 18.5 Å². The molecule has 0 atom stereocenters. The fourth-order valence-electron chi connectivity index (χ4n) is 3.77. The largest absolute Gasteiger partial charge is 0.390 e. The Kier molecular flexibility index (Phi) is 3.28. The van der Waals surface area contributed by atoms with Crippen LogP contribution in [0.3, 0.4) is 0 Å². The summed E-state index contributed by atoms with van der Waals surface area (Å²) in [7, 11) is 0. The highest BCUT2D eigenvalue weighted by atomic mass is 16.2. The molecule has 130 valence electrons. The van der Waals surface area contributed by atoms with Crippen molar-refractivity contribution < 1.29 is 4.79 Å². The van der Waals surface area contributed by atoms with Crippen LogP contribution in [0.4, 0.5) is 5.82 Å². The van der Waals surface area contributed by atoms with Crippen LogP contribution in [0.1, 0.15) is 23.3 Å². The highest BCUT2D eigenvalue weighted by molar-refractivity contribution is 6.09.